The van der Waals surface area contributed by atoms with E-state index in [1.807, 2.05) is 13.0 Å². The van der Waals surface area contributed by atoms with Crippen molar-refractivity contribution in [1.29, 1.82) is 0 Å². The van der Waals surface area contributed by atoms with Crippen LogP contribution in [0, 0.1) is 6.92 Å². The zero-order chi connectivity index (χ0) is 10.8. The van der Waals surface area contributed by atoms with Gasteiger partial charge in [-0.05, 0) is 55.7 Å². The average molecular weight is 206 g/mol. The van der Waals surface area contributed by atoms with Crippen molar-refractivity contribution in [2.45, 2.75) is 44.6 Å². The summed E-state index contributed by atoms with van der Waals surface area (Å²) in [5.41, 5.74) is 2.25. The summed E-state index contributed by atoms with van der Waals surface area (Å²) < 4.78 is 0. The Morgan fingerprint density at radius 3 is 2.40 bits per heavy atom. The number of hydrogen-bond acceptors (Lipinski definition) is 2. The third-order valence-electron chi connectivity index (χ3n) is 3.39. The largest absolute Gasteiger partial charge is 0.508 e. The van der Waals surface area contributed by atoms with Gasteiger partial charge in [0.05, 0.1) is 6.10 Å². The molecule has 1 aromatic rings. The fourth-order valence-corrected chi connectivity index (χ4v) is 2.34. The minimum absolute atomic E-state index is 0.0977. The first kappa shape index (κ1) is 10.5. The van der Waals surface area contributed by atoms with Gasteiger partial charge in [0.1, 0.15) is 5.75 Å². The van der Waals surface area contributed by atoms with Crippen LogP contribution in [0.15, 0.2) is 18.2 Å². The second-order valence-corrected chi connectivity index (χ2v) is 4.55. The molecule has 0 aliphatic heterocycles. The second kappa shape index (κ2) is 4.23. The molecule has 0 radical (unpaired) electrons. The van der Waals surface area contributed by atoms with E-state index < -0.39 is 0 Å². The summed E-state index contributed by atoms with van der Waals surface area (Å²) in [6.07, 6.45) is 3.84. The number of benzene rings is 1. The van der Waals surface area contributed by atoms with E-state index >= 15 is 0 Å². The van der Waals surface area contributed by atoms with Gasteiger partial charge in [0.2, 0.25) is 0 Å². The van der Waals surface area contributed by atoms with Crippen molar-refractivity contribution in [2.75, 3.05) is 0 Å². The van der Waals surface area contributed by atoms with Gasteiger partial charge in [-0.25, -0.2) is 0 Å². The van der Waals surface area contributed by atoms with Crippen LogP contribution in [-0.4, -0.2) is 16.3 Å². The molecule has 1 aliphatic rings. The molecule has 0 saturated heterocycles. The minimum Gasteiger partial charge on any atom is -0.508 e. The summed E-state index contributed by atoms with van der Waals surface area (Å²) in [6.45, 7) is 1.93. The van der Waals surface area contributed by atoms with Crippen LogP contribution in [0.25, 0.3) is 0 Å². The summed E-state index contributed by atoms with van der Waals surface area (Å²) >= 11 is 0. The van der Waals surface area contributed by atoms with Crippen LogP contribution in [0.1, 0.15) is 42.7 Å². The maximum Gasteiger partial charge on any atom is 0.118 e. The van der Waals surface area contributed by atoms with Crippen LogP contribution in [0.2, 0.25) is 0 Å². The monoisotopic (exact) mass is 206 g/mol. The lowest BCUT2D eigenvalue weighted by atomic mass is 9.82. The van der Waals surface area contributed by atoms with Crippen LogP contribution >= 0.6 is 0 Å². The summed E-state index contributed by atoms with van der Waals surface area (Å²) in [5.74, 6) is 0.933. The van der Waals surface area contributed by atoms with E-state index in [4.69, 9.17) is 0 Å². The first-order valence-corrected chi connectivity index (χ1v) is 5.64. The number of aromatic hydroxyl groups is 1. The van der Waals surface area contributed by atoms with E-state index in [0.29, 0.717) is 11.7 Å². The molecule has 0 bridgehead atoms. The SMILES string of the molecule is Cc1cc(C2CCC(O)CC2)ccc1O. The Kier molecular flexibility index (Phi) is 2.96. The normalized spacial score (nSPS) is 26.5. The number of phenolic OH excluding ortho intramolecular Hbond substituents is 1. The number of hydrogen-bond donors (Lipinski definition) is 2. The highest BCUT2D eigenvalue weighted by Crippen LogP contribution is 2.34. The molecule has 2 rings (SSSR count). The fourth-order valence-electron chi connectivity index (χ4n) is 2.34. The van der Waals surface area contributed by atoms with E-state index in [2.05, 4.69) is 6.07 Å². The minimum atomic E-state index is -0.0977. The standard InChI is InChI=1S/C13H18O2/c1-9-8-11(4-7-13(9)15)10-2-5-12(14)6-3-10/h4,7-8,10,12,14-15H,2-3,5-6H2,1H3. The summed E-state index contributed by atoms with van der Waals surface area (Å²) in [5, 5.41) is 18.9. The predicted molar refractivity (Wildman–Crippen MR) is 60.1 cm³/mol. The van der Waals surface area contributed by atoms with E-state index in [1.165, 1.54) is 5.56 Å². The van der Waals surface area contributed by atoms with Gasteiger partial charge in [0, 0.05) is 0 Å². The van der Waals surface area contributed by atoms with Gasteiger partial charge in [-0.15, -0.1) is 0 Å². The summed E-state index contributed by atoms with van der Waals surface area (Å²) in [7, 11) is 0. The topological polar surface area (TPSA) is 40.5 Å². The van der Waals surface area contributed by atoms with Crippen LogP contribution in [0.3, 0.4) is 0 Å². The molecule has 0 atom stereocenters. The second-order valence-electron chi connectivity index (χ2n) is 4.55. The summed E-state index contributed by atoms with van der Waals surface area (Å²) in [6, 6.07) is 5.85. The Morgan fingerprint density at radius 1 is 1.13 bits per heavy atom. The molecule has 1 aliphatic carbocycles. The maximum atomic E-state index is 9.44. The average Bonchev–Trinajstić information content (AvgIpc) is 2.23. The molecular weight excluding hydrogens is 188 g/mol. The highest BCUT2D eigenvalue weighted by molar-refractivity contribution is 5.36. The van der Waals surface area contributed by atoms with Crippen LogP contribution < -0.4 is 0 Å². The van der Waals surface area contributed by atoms with E-state index in [1.54, 1.807) is 6.07 Å². The fraction of sp³-hybridized carbons (Fsp3) is 0.538. The molecule has 2 heteroatoms. The third-order valence-corrected chi connectivity index (χ3v) is 3.39. The van der Waals surface area contributed by atoms with Crippen molar-refractivity contribution in [3.8, 4) is 5.75 Å². The molecule has 0 amide bonds. The van der Waals surface area contributed by atoms with Gasteiger partial charge >= 0.3 is 0 Å². The maximum absolute atomic E-state index is 9.44. The Morgan fingerprint density at radius 2 is 1.80 bits per heavy atom. The highest BCUT2D eigenvalue weighted by Gasteiger charge is 2.20. The van der Waals surface area contributed by atoms with Crippen molar-refractivity contribution in [3.05, 3.63) is 29.3 Å². The molecule has 0 spiro atoms. The first-order valence-electron chi connectivity index (χ1n) is 5.64. The zero-order valence-electron chi connectivity index (χ0n) is 9.11. The summed E-state index contributed by atoms with van der Waals surface area (Å²) in [4.78, 5) is 0. The molecule has 82 valence electrons. The molecule has 0 heterocycles. The van der Waals surface area contributed by atoms with Crippen LogP contribution in [-0.2, 0) is 0 Å². The molecular formula is C13H18O2. The van der Waals surface area contributed by atoms with E-state index in [9.17, 15) is 10.2 Å². The van der Waals surface area contributed by atoms with Crippen molar-refractivity contribution >= 4 is 0 Å². The molecule has 1 saturated carbocycles. The first-order chi connectivity index (χ1) is 7.16. The molecule has 2 N–H and O–H groups in total. The number of aliphatic hydroxyl groups is 1. The van der Waals surface area contributed by atoms with Crippen molar-refractivity contribution < 1.29 is 10.2 Å². The van der Waals surface area contributed by atoms with Crippen LogP contribution in [0.4, 0.5) is 0 Å². The molecule has 15 heavy (non-hydrogen) atoms. The quantitative estimate of drug-likeness (QED) is 0.741. The van der Waals surface area contributed by atoms with Crippen molar-refractivity contribution in [3.63, 3.8) is 0 Å². The van der Waals surface area contributed by atoms with Gasteiger partial charge in [-0.3, -0.25) is 0 Å². The lowest BCUT2D eigenvalue weighted by Gasteiger charge is -2.25. The van der Waals surface area contributed by atoms with Gasteiger partial charge in [0.15, 0.2) is 0 Å². The Bertz CT molecular complexity index is 338. The van der Waals surface area contributed by atoms with Crippen molar-refractivity contribution in [1.82, 2.24) is 0 Å². The Labute approximate surface area is 90.6 Å². The number of phenols is 1. The van der Waals surface area contributed by atoms with Gasteiger partial charge in [-0.2, -0.15) is 0 Å². The van der Waals surface area contributed by atoms with E-state index in [-0.39, 0.29) is 6.10 Å². The number of aryl methyl sites for hydroxylation is 1. The third kappa shape index (κ3) is 2.32. The van der Waals surface area contributed by atoms with Crippen molar-refractivity contribution in [2.24, 2.45) is 0 Å². The van der Waals surface area contributed by atoms with Crippen LogP contribution in [0.5, 0.6) is 5.75 Å². The van der Waals surface area contributed by atoms with Gasteiger partial charge in [-0.1, -0.05) is 12.1 Å². The van der Waals surface area contributed by atoms with Gasteiger partial charge in [0.25, 0.3) is 0 Å². The molecule has 0 aromatic heterocycles. The van der Waals surface area contributed by atoms with Gasteiger partial charge < -0.3 is 10.2 Å². The highest BCUT2D eigenvalue weighted by atomic mass is 16.3. The smallest absolute Gasteiger partial charge is 0.118 e. The lowest BCUT2D eigenvalue weighted by Crippen LogP contribution is -2.16. The molecule has 1 fully saturated rings. The molecule has 1 aromatic carbocycles. The number of aliphatic hydroxyl groups excluding tert-OH is 1. The number of rotatable bonds is 1. The lowest BCUT2D eigenvalue weighted by molar-refractivity contribution is 0.122. The zero-order valence-corrected chi connectivity index (χ0v) is 9.11. The molecule has 0 unspecified atom stereocenters. The Hall–Kier alpha value is -1.02. The molecule has 2 nitrogen and oxygen atoms in total. The Balaban J connectivity index is 2.12. The van der Waals surface area contributed by atoms with E-state index in [0.717, 1.165) is 31.2 Å². The predicted octanol–water partition coefficient (Wildman–Crippen LogP) is 2.72.